The number of piperidine rings is 1. The zero-order chi connectivity index (χ0) is 21.9. The summed E-state index contributed by atoms with van der Waals surface area (Å²) in [6.07, 6.45) is 2.93. The molecule has 0 saturated carbocycles. The highest BCUT2D eigenvalue weighted by Gasteiger charge is 2.29. The molecule has 2 atom stereocenters. The standard InChI is InChI=1S/C20H27N7O2S/c1-12-8-17(30-26-12)25-18-15(9-21)22-10-16(24-18)27-11-14(7-6-13(27)2)23-19(28)29-20(3,4)5/h8,10,13-14H,6-7,11H2,1-5H3,(H,23,28)(H,24,25). The topological polar surface area (TPSA) is 116 Å². The SMILES string of the molecule is Cc1cc(Nc2nc(N3CC(NC(=O)OC(C)(C)C)CCC3C)cnc2C#N)sn1. The summed E-state index contributed by atoms with van der Waals surface area (Å²) in [4.78, 5) is 23.2. The molecule has 0 aliphatic carbocycles. The predicted octanol–water partition coefficient (Wildman–Crippen LogP) is 3.74. The van der Waals surface area contributed by atoms with Gasteiger partial charge in [0.15, 0.2) is 11.5 Å². The molecule has 0 bridgehead atoms. The van der Waals surface area contributed by atoms with Gasteiger partial charge in [0, 0.05) is 18.6 Å². The Morgan fingerprint density at radius 2 is 2.17 bits per heavy atom. The molecule has 0 spiro atoms. The fraction of sp³-hybridized carbons (Fsp3) is 0.550. The summed E-state index contributed by atoms with van der Waals surface area (Å²) in [5.41, 5.74) is 0.573. The van der Waals surface area contributed by atoms with E-state index in [2.05, 4.69) is 42.9 Å². The van der Waals surface area contributed by atoms with E-state index < -0.39 is 11.7 Å². The van der Waals surface area contributed by atoms with Crippen LogP contribution in [0.15, 0.2) is 12.3 Å². The number of nitriles is 1. The molecule has 9 nitrogen and oxygen atoms in total. The number of hydrogen-bond acceptors (Lipinski definition) is 9. The molecule has 30 heavy (non-hydrogen) atoms. The zero-order valence-corrected chi connectivity index (χ0v) is 18.7. The Labute approximate surface area is 180 Å². The van der Waals surface area contributed by atoms with E-state index in [1.807, 2.05) is 33.8 Å². The number of aryl methyl sites for hydroxylation is 1. The van der Waals surface area contributed by atoms with Gasteiger partial charge < -0.3 is 20.3 Å². The van der Waals surface area contributed by atoms with Crippen molar-refractivity contribution >= 4 is 34.3 Å². The van der Waals surface area contributed by atoms with Crippen molar-refractivity contribution in [1.82, 2.24) is 19.7 Å². The van der Waals surface area contributed by atoms with Gasteiger partial charge >= 0.3 is 6.09 Å². The van der Waals surface area contributed by atoms with Crippen LogP contribution in [0.25, 0.3) is 0 Å². The molecule has 2 unspecified atom stereocenters. The number of carbonyl (C=O) groups excluding carboxylic acids is 1. The minimum atomic E-state index is -0.542. The van der Waals surface area contributed by atoms with Gasteiger partial charge in [-0.25, -0.2) is 14.8 Å². The van der Waals surface area contributed by atoms with Gasteiger partial charge in [-0.3, -0.25) is 0 Å². The minimum Gasteiger partial charge on any atom is -0.444 e. The lowest BCUT2D eigenvalue weighted by Crippen LogP contribution is -2.52. The van der Waals surface area contributed by atoms with Crippen LogP contribution in [0.5, 0.6) is 0 Å². The van der Waals surface area contributed by atoms with Crippen LogP contribution in [0.2, 0.25) is 0 Å². The van der Waals surface area contributed by atoms with Gasteiger partial charge in [0.1, 0.15) is 22.5 Å². The lowest BCUT2D eigenvalue weighted by Gasteiger charge is -2.39. The van der Waals surface area contributed by atoms with Crippen LogP contribution in [0, 0.1) is 18.3 Å². The summed E-state index contributed by atoms with van der Waals surface area (Å²) >= 11 is 1.30. The van der Waals surface area contributed by atoms with E-state index >= 15 is 0 Å². The summed E-state index contributed by atoms with van der Waals surface area (Å²) < 4.78 is 9.62. The number of ether oxygens (including phenoxy) is 1. The Morgan fingerprint density at radius 3 is 2.80 bits per heavy atom. The van der Waals surface area contributed by atoms with Gasteiger partial charge in [-0.15, -0.1) is 0 Å². The lowest BCUT2D eigenvalue weighted by atomic mass is 9.99. The third kappa shape index (κ3) is 5.57. The highest BCUT2D eigenvalue weighted by atomic mass is 32.1. The van der Waals surface area contributed by atoms with E-state index in [4.69, 9.17) is 4.74 Å². The molecule has 2 aromatic heterocycles. The number of amides is 1. The fourth-order valence-electron chi connectivity index (χ4n) is 3.24. The lowest BCUT2D eigenvalue weighted by molar-refractivity contribution is 0.0497. The van der Waals surface area contributed by atoms with Crippen LogP contribution in [0.4, 0.5) is 21.4 Å². The van der Waals surface area contributed by atoms with Gasteiger partial charge in [0.25, 0.3) is 0 Å². The molecule has 160 valence electrons. The molecule has 1 aliphatic heterocycles. The van der Waals surface area contributed by atoms with E-state index in [9.17, 15) is 10.1 Å². The van der Waals surface area contributed by atoms with Crippen LogP contribution in [0.3, 0.4) is 0 Å². The molecular weight excluding hydrogens is 402 g/mol. The van der Waals surface area contributed by atoms with Gasteiger partial charge in [-0.2, -0.15) is 9.64 Å². The normalized spacial score (nSPS) is 19.1. The molecule has 1 aliphatic rings. The molecule has 0 aromatic carbocycles. The maximum absolute atomic E-state index is 12.2. The van der Waals surface area contributed by atoms with Gasteiger partial charge in [-0.05, 0) is 65.1 Å². The second-order valence-electron chi connectivity index (χ2n) is 8.42. The van der Waals surface area contributed by atoms with E-state index in [1.54, 1.807) is 6.20 Å². The first-order valence-electron chi connectivity index (χ1n) is 9.88. The molecule has 10 heteroatoms. The van der Waals surface area contributed by atoms with Crippen molar-refractivity contribution in [2.45, 2.75) is 65.1 Å². The second kappa shape index (κ2) is 8.83. The monoisotopic (exact) mass is 429 g/mol. The number of aromatic nitrogens is 3. The number of alkyl carbamates (subject to hydrolysis) is 1. The maximum Gasteiger partial charge on any atom is 0.407 e. The third-order valence-corrected chi connectivity index (χ3v) is 5.43. The largest absolute Gasteiger partial charge is 0.444 e. The Balaban J connectivity index is 1.76. The van der Waals surface area contributed by atoms with Crippen molar-refractivity contribution in [2.24, 2.45) is 0 Å². The molecule has 1 fully saturated rings. The predicted molar refractivity (Wildman–Crippen MR) is 116 cm³/mol. The van der Waals surface area contributed by atoms with Crippen LogP contribution in [0.1, 0.15) is 51.9 Å². The Kier molecular flexibility index (Phi) is 6.41. The molecule has 1 saturated heterocycles. The number of rotatable bonds is 4. The smallest absolute Gasteiger partial charge is 0.407 e. The van der Waals surface area contributed by atoms with E-state index in [-0.39, 0.29) is 17.8 Å². The number of carbonyl (C=O) groups is 1. The van der Waals surface area contributed by atoms with Gasteiger partial charge in [0.05, 0.1) is 11.9 Å². The number of anilines is 3. The second-order valence-corrected chi connectivity index (χ2v) is 9.22. The fourth-order valence-corrected chi connectivity index (χ4v) is 3.91. The quantitative estimate of drug-likeness (QED) is 0.755. The number of nitrogens with zero attached hydrogens (tertiary/aromatic N) is 5. The van der Waals surface area contributed by atoms with E-state index in [1.165, 1.54) is 11.5 Å². The summed E-state index contributed by atoms with van der Waals surface area (Å²) in [5, 5.41) is 16.3. The van der Waals surface area contributed by atoms with Crippen molar-refractivity contribution in [3.8, 4) is 6.07 Å². The number of nitrogens with one attached hydrogen (secondary N) is 2. The van der Waals surface area contributed by atoms with Crippen molar-refractivity contribution in [3.05, 3.63) is 23.7 Å². The highest BCUT2D eigenvalue weighted by Crippen LogP contribution is 2.27. The van der Waals surface area contributed by atoms with E-state index in [0.717, 1.165) is 23.5 Å². The molecule has 3 rings (SSSR count). The van der Waals surface area contributed by atoms with Gasteiger partial charge in [0.2, 0.25) is 0 Å². The molecule has 1 amide bonds. The van der Waals surface area contributed by atoms with Crippen LogP contribution >= 0.6 is 11.5 Å². The third-order valence-electron chi connectivity index (χ3n) is 4.63. The first-order valence-corrected chi connectivity index (χ1v) is 10.7. The first-order chi connectivity index (χ1) is 14.1. The summed E-state index contributed by atoms with van der Waals surface area (Å²) in [6, 6.07) is 4.13. The summed E-state index contributed by atoms with van der Waals surface area (Å²) in [6.45, 7) is 10.1. The van der Waals surface area contributed by atoms with Crippen molar-refractivity contribution < 1.29 is 9.53 Å². The minimum absolute atomic E-state index is 0.0611. The van der Waals surface area contributed by atoms with E-state index in [0.29, 0.717) is 18.2 Å². The van der Waals surface area contributed by atoms with Crippen molar-refractivity contribution in [2.75, 3.05) is 16.8 Å². The molecule has 2 aromatic rings. The average Bonchev–Trinajstić information content (AvgIpc) is 3.06. The molecular formula is C20H27N7O2S. The van der Waals surface area contributed by atoms with Crippen LogP contribution < -0.4 is 15.5 Å². The Hall–Kier alpha value is -2.93. The summed E-state index contributed by atoms with van der Waals surface area (Å²) in [5.74, 6) is 1.05. The highest BCUT2D eigenvalue weighted by molar-refractivity contribution is 7.10. The van der Waals surface area contributed by atoms with Crippen molar-refractivity contribution in [1.29, 1.82) is 5.26 Å². The Morgan fingerprint density at radius 1 is 1.40 bits per heavy atom. The average molecular weight is 430 g/mol. The van der Waals surface area contributed by atoms with Gasteiger partial charge in [-0.1, -0.05) is 0 Å². The summed E-state index contributed by atoms with van der Waals surface area (Å²) in [7, 11) is 0. The molecule has 3 heterocycles. The Bertz CT molecular complexity index is 947. The maximum atomic E-state index is 12.2. The first kappa shape index (κ1) is 21.8. The van der Waals surface area contributed by atoms with Crippen LogP contribution in [-0.4, -0.2) is 44.7 Å². The number of hydrogen-bond donors (Lipinski definition) is 2. The van der Waals surface area contributed by atoms with Crippen molar-refractivity contribution in [3.63, 3.8) is 0 Å². The molecule has 2 N–H and O–H groups in total. The van der Waals surface area contributed by atoms with Crippen LogP contribution in [-0.2, 0) is 4.74 Å². The zero-order valence-electron chi connectivity index (χ0n) is 17.9. The molecule has 0 radical (unpaired) electrons.